The second-order valence-electron chi connectivity index (χ2n) is 24.1. The van der Waals surface area contributed by atoms with Gasteiger partial charge < -0.3 is 83.0 Å². The van der Waals surface area contributed by atoms with Gasteiger partial charge >= 0.3 is 5.97 Å². The number of methoxy groups -OCH3 is 1. The van der Waals surface area contributed by atoms with Gasteiger partial charge in [-0.05, 0) is 49.8 Å². The summed E-state index contributed by atoms with van der Waals surface area (Å²) in [5.74, 6) is -7.27. The van der Waals surface area contributed by atoms with Crippen LogP contribution in [0.25, 0.3) is 22.3 Å². The van der Waals surface area contributed by atoms with Gasteiger partial charge in [-0.25, -0.2) is 27.8 Å². The van der Waals surface area contributed by atoms with Crippen molar-refractivity contribution in [2.75, 3.05) is 178 Å². The van der Waals surface area contributed by atoms with Gasteiger partial charge in [0.25, 0.3) is 17.6 Å². The van der Waals surface area contributed by atoms with Crippen LogP contribution < -0.4 is 20.1 Å². The number of piperazine rings is 1. The molecule has 9 rings (SSSR count). The number of hydrogen-bond acceptors (Lipinski definition) is 25. The highest BCUT2D eigenvalue weighted by Gasteiger charge is 2.34. The number of nitrogens with zero attached hydrogens (tertiary/aromatic N) is 11. The summed E-state index contributed by atoms with van der Waals surface area (Å²) in [6.45, 7) is 10.2. The SMILES string of the molecule is COc1cnc(-n2cnc(C(=O)NCCCNC(CO)(CO)CN3CCN(C(CCOCCOCCOCCOCc4cn(CCOCCOCCOCCOCCC(=O)Oc5c(F)cc(F)cc5F)nn4)=C4CC4)CC3)n2)c2[nH]cc(C(=O)C(=O)N3CCC(=C(C#N)c4ccccc4)CC3)c12. The van der Waals surface area contributed by atoms with Gasteiger partial charge in [-0.2, -0.15) is 9.94 Å². The third-order valence-electron chi connectivity index (χ3n) is 17.0. The minimum atomic E-state index is -1.31. The molecule has 6 heterocycles. The fourth-order valence-electron chi connectivity index (χ4n) is 11.5. The van der Waals surface area contributed by atoms with E-state index in [9.17, 15) is 47.8 Å². The van der Waals surface area contributed by atoms with Gasteiger partial charge in [0.05, 0.1) is 185 Å². The van der Waals surface area contributed by atoms with Crippen molar-refractivity contribution < 1.29 is 89.9 Å². The molecule has 5 N–H and O–H groups in total. The average molecular weight is 1430 g/mol. The first-order valence-corrected chi connectivity index (χ1v) is 34.1. The molecule has 33 heteroatoms. The van der Waals surface area contributed by atoms with E-state index < -0.39 is 52.3 Å². The van der Waals surface area contributed by atoms with E-state index in [0.29, 0.717) is 152 Å². The molecule has 3 aliphatic rings. The third-order valence-corrected chi connectivity index (χ3v) is 17.0. The van der Waals surface area contributed by atoms with Gasteiger partial charge in [-0.1, -0.05) is 41.1 Å². The number of likely N-dealkylation sites (tertiary alicyclic amines) is 1. The summed E-state index contributed by atoms with van der Waals surface area (Å²) in [4.78, 5) is 70.5. The van der Waals surface area contributed by atoms with Crippen LogP contribution in [0.4, 0.5) is 13.2 Å². The van der Waals surface area contributed by atoms with E-state index in [4.69, 9.17) is 42.6 Å². The summed E-state index contributed by atoms with van der Waals surface area (Å²) in [6, 6.07) is 12.5. The highest BCUT2D eigenvalue weighted by Crippen LogP contribution is 2.36. The molecule has 102 heavy (non-hydrogen) atoms. The number of rotatable bonds is 46. The van der Waals surface area contributed by atoms with E-state index in [1.807, 2.05) is 30.3 Å². The van der Waals surface area contributed by atoms with Crippen LogP contribution in [0.1, 0.15) is 77.2 Å². The minimum Gasteiger partial charge on any atom is -0.494 e. The van der Waals surface area contributed by atoms with Gasteiger partial charge in [-0.3, -0.25) is 24.1 Å². The summed E-state index contributed by atoms with van der Waals surface area (Å²) in [6.07, 6.45) is 10.0. The first-order chi connectivity index (χ1) is 49.8. The predicted octanol–water partition coefficient (Wildman–Crippen LogP) is 3.76. The second kappa shape index (κ2) is 40.9. The molecule has 1 aliphatic carbocycles. The Morgan fingerprint density at radius 1 is 0.716 bits per heavy atom. The number of carbonyl (C=O) groups excluding carboxylic acids is 4. The number of nitrogens with one attached hydrogen (secondary N) is 3. The van der Waals surface area contributed by atoms with Crippen LogP contribution in [-0.2, 0) is 60.6 Å². The van der Waals surface area contributed by atoms with Crippen molar-refractivity contribution in [3.05, 3.63) is 124 Å². The number of carbonyl (C=O) groups is 4. The third kappa shape index (κ3) is 23.2. The number of hydrogen-bond donors (Lipinski definition) is 5. The van der Waals surface area contributed by atoms with E-state index in [1.54, 1.807) is 10.9 Å². The fraction of sp³-hybridized carbons (Fsp3) is 0.536. The van der Waals surface area contributed by atoms with Crippen molar-refractivity contribution >= 4 is 40.0 Å². The normalized spacial score (nSPS) is 14.2. The molecule has 30 nitrogen and oxygen atoms in total. The van der Waals surface area contributed by atoms with Crippen molar-refractivity contribution in [1.82, 2.24) is 65.1 Å². The van der Waals surface area contributed by atoms with E-state index in [1.165, 1.54) is 46.7 Å². The first kappa shape index (κ1) is 77.5. The highest BCUT2D eigenvalue weighted by molar-refractivity contribution is 6.45. The van der Waals surface area contributed by atoms with E-state index in [0.717, 1.165) is 56.6 Å². The Morgan fingerprint density at radius 3 is 1.95 bits per heavy atom. The zero-order chi connectivity index (χ0) is 71.9. The number of halogens is 3. The number of esters is 1. The number of fused-ring (bicyclic) bond motifs is 1. The van der Waals surface area contributed by atoms with Crippen LogP contribution in [0.2, 0.25) is 0 Å². The molecular weight excluding hydrogens is 1340 g/mol. The molecule has 0 spiro atoms. The molecule has 0 bridgehead atoms. The standard InChI is InChI=1S/C69H89F3N14O16/c1-93-59-42-76-66(62-61(59)55(41-75-62)63(90)68(92)84-16-10-50(11-17-84)54(40-73)49-6-3-2-4-7-49)86-48-77-65(80-86)67(91)74-14-5-15-78-69(46-87,47-88)45-82-18-20-83(21-19-82)58(51-8-9-51)12-23-94-26-29-97-34-35-100-36-37-101-44-53-43-85(81-79-53)22-25-96-28-31-99-33-32-98-30-27-95-24-13-60(89)102-64-56(71)38-52(70)39-57(64)72/h2-4,6-7,38-39,41-43,48,75,78,87-88H,5,8-37,44-47H2,1H3,(H,74,91). The molecule has 2 amide bonds. The van der Waals surface area contributed by atoms with Gasteiger partial charge in [0.15, 0.2) is 17.5 Å². The number of ether oxygens (including phenoxy) is 10. The summed E-state index contributed by atoms with van der Waals surface area (Å²) < 4.78 is 98.2. The van der Waals surface area contributed by atoms with Crippen molar-refractivity contribution in [3.8, 4) is 23.4 Å². The number of aromatic nitrogens is 8. The maximum absolute atomic E-state index is 13.9. The smallest absolute Gasteiger partial charge is 0.313 e. The summed E-state index contributed by atoms with van der Waals surface area (Å²) >= 11 is 0. The molecule has 2 aliphatic heterocycles. The average Bonchev–Trinajstić information content (AvgIpc) is 1.59. The Kier molecular flexibility index (Phi) is 31.1. The van der Waals surface area contributed by atoms with Gasteiger partial charge in [-0.15, -0.1) is 10.2 Å². The lowest BCUT2D eigenvalue weighted by atomic mass is 9.93. The molecule has 0 radical (unpaired) electrons. The van der Waals surface area contributed by atoms with E-state index in [-0.39, 0.29) is 88.7 Å². The summed E-state index contributed by atoms with van der Waals surface area (Å²) in [7, 11) is 1.43. The Bertz CT molecular complexity index is 3740. The first-order valence-electron chi connectivity index (χ1n) is 34.1. The monoisotopic (exact) mass is 1430 g/mol. The Labute approximate surface area is 587 Å². The molecule has 552 valence electrons. The summed E-state index contributed by atoms with van der Waals surface area (Å²) in [5, 5.41) is 50.2. The number of aromatic amines is 1. The van der Waals surface area contributed by atoms with Crippen molar-refractivity contribution in [2.45, 2.75) is 63.6 Å². The number of benzene rings is 2. The van der Waals surface area contributed by atoms with Crippen LogP contribution in [-0.4, -0.2) is 272 Å². The van der Waals surface area contributed by atoms with Gasteiger partial charge in [0.1, 0.15) is 23.6 Å². The number of Topliss-reactive ketones (excluding diaryl/α,β-unsaturated/α-hetero) is 1. The second-order valence-corrected chi connectivity index (χ2v) is 24.1. The predicted molar refractivity (Wildman–Crippen MR) is 359 cm³/mol. The van der Waals surface area contributed by atoms with Crippen LogP contribution in [0, 0.1) is 28.8 Å². The van der Waals surface area contributed by atoms with Crippen molar-refractivity contribution in [2.24, 2.45) is 0 Å². The number of piperidine rings is 1. The Morgan fingerprint density at radius 2 is 1.33 bits per heavy atom. The number of nitriles is 1. The molecule has 2 aromatic carbocycles. The van der Waals surface area contributed by atoms with Crippen LogP contribution in [0.3, 0.4) is 0 Å². The Balaban J connectivity index is 0.562. The molecule has 1 saturated carbocycles. The molecule has 0 atom stereocenters. The lowest BCUT2D eigenvalue weighted by molar-refractivity contribution is -0.136. The van der Waals surface area contributed by atoms with Crippen LogP contribution in [0.5, 0.6) is 11.5 Å². The fourth-order valence-corrected chi connectivity index (χ4v) is 11.5. The van der Waals surface area contributed by atoms with E-state index in [2.05, 4.69) is 61.6 Å². The molecule has 4 aromatic heterocycles. The zero-order valence-electron chi connectivity index (χ0n) is 57.3. The molecule has 2 saturated heterocycles. The van der Waals surface area contributed by atoms with Gasteiger partial charge in [0.2, 0.25) is 11.6 Å². The van der Waals surface area contributed by atoms with Crippen LogP contribution >= 0.6 is 0 Å². The zero-order valence-corrected chi connectivity index (χ0v) is 57.3. The number of amides is 2. The highest BCUT2D eigenvalue weighted by atomic mass is 19.1. The number of pyridine rings is 1. The molecule has 6 aromatic rings. The topological polar surface area (TPSA) is 349 Å². The number of aliphatic hydroxyl groups excluding tert-OH is 2. The Hall–Kier alpha value is -8.63. The maximum atomic E-state index is 13.9. The number of ketones is 1. The lowest BCUT2D eigenvalue weighted by Gasteiger charge is -2.42. The maximum Gasteiger partial charge on any atom is 0.313 e. The minimum absolute atomic E-state index is 0.0582. The summed E-state index contributed by atoms with van der Waals surface area (Å²) in [5.41, 5.74) is 5.25. The quantitative estimate of drug-likeness (QED) is 0.00907. The largest absolute Gasteiger partial charge is 0.494 e. The number of allylic oxidation sites excluding steroid dienone is 2. The van der Waals surface area contributed by atoms with Crippen molar-refractivity contribution in [3.63, 3.8) is 0 Å². The number of H-pyrrole nitrogens is 1. The van der Waals surface area contributed by atoms with E-state index >= 15 is 0 Å². The lowest BCUT2D eigenvalue weighted by Crippen LogP contribution is -2.61. The molecule has 3 fully saturated rings. The molecular formula is C69H89F3N14O16. The van der Waals surface area contributed by atoms with Crippen molar-refractivity contribution in [1.29, 1.82) is 5.26 Å². The number of aliphatic hydroxyl groups is 2. The van der Waals surface area contributed by atoms with Crippen LogP contribution in [0.15, 0.2) is 84.2 Å². The van der Waals surface area contributed by atoms with Gasteiger partial charge in [0, 0.05) is 82.8 Å². The molecule has 0 unspecified atom stereocenters.